The molecule has 0 aliphatic rings. The molecule has 0 bridgehead atoms. The Morgan fingerprint density at radius 1 is 0.650 bits per heavy atom. The molecule has 8 nitrogen and oxygen atoms in total. The second-order valence-electron chi connectivity index (χ2n) is 4.12. The predicted octanol–water partition coefficient (Wildman–Crippen LogP) is 1.29. The van der Waals surface area contributed by atoms with Crippen LogP contribution in [-0.4, -0.2) is 40.8 Å². The van der Waals surface area contributed by atoms with E-state index in [0.29, 0.717) is 11.1 Å². The summed E-state index contributed by atoms with van der Waals surface area (Å²) in [5, 5.41) is 52.6. The zero-order valence-electron chi connectivity index (χ0n) is 9.99. The summed E-state index contributed by atoms with van der Waals surface area (Å²) >= 11 is 0. The molecule has 20 heavy (non-hydrogen) atoms. The average Bonchev–Trinajstić information content (AvgIpc) is 3.10. The molecule has 0 saturated carbocycles. The van der Waals surface area contributed by atoms with E-state index in [0.717, 1.165) is 0 Å². The number of aromatic hydroxyl groups is 4. The van der Waals surface area contributed by atoms with Crippen molar-refractivity contribution >= 4 is 0 Å². The molecule has 3 aromatic rings. The number of rotatable bonds is 2. The van der Waals surface area contributed by atoms with Gasteiger partial charge in [0.1, 0.15) is 0 Å². The van der Waals surface area contributed by atoms with Gasteiger partial charge in [-0.15, -0.1) is 0 Å². The number of H-pyrrole nitrogens is 2. The fraction of sp³-hybridized carbons (Fsp3) is 0. The van der Waals surface area contributed by atoms with E-state index >= 15 is 0 Å². The number of phenolic OH excluding ortho intramolecular Hbond substituents is 4. The third-order valence-corrected chi connectivity index (χ3v) is 2.97. The smallest absolute Gasteiger partial charge is 0.170 e. The Morgan fingerprint density at radius 2 is 1.00 bits per heavy atom. The zero-order chi connectivity index (χ0) is 14.3. The van der Waals surface area contributed by atoms with Gasteiger partial charge in [0.15, 0.2) is 23.0 Å². The van der Waals surface area contributed by atoms with Crippen LogP contribution in [0.3, 0.4) is 0 Å². The summed E-state index contributed by atoms with van der Waals surface area (Å²) in [4.78, 5) is 0. The fourth-order valence-corrected chi connectivity index (χ4v) is 2.02. The molecule has 8 heteroatoms. The number of nitrogens with zero attached hydrogens (tertiary/aromatic N) is 2. The SMILES string of the molecule is Oc1c(O)c(-c2cn[nH]c2)c(O)c(O)c1-c1cn[nH]c1. The molecule has 0 aliphatic carbocycles. The molecule has 1 aromatic carbocycles. The summed E-state index contributed by atoms with van der Waals surface area (Å²) < 4.78 is 0. The maximum Gasteiger partial charge on any atom is 0.170 e. The Hall–Kier alpha value is -3.16. The topological polar surface area (TPSA) is 138 Å². The third kappa shape index (κ3) is 1.55. The van der Waals surface area contributed by atoms with Gasteiger partial charge >= 0.3 is 0 Å². The van der Waals surface area contributed by atoms with Gasteiger partial charge in [-0.3, -0.25) is 10.2 Å². The number of hydrogen-bond acceptors (Lipinski definition) is 6. The molecular weight excluding hydrogens is 264 g/mol. The Bertz CT molecular complexity index is 656. The van der Waals surface area contributed by atoms with Crippen molar-refractivity contribution < 1.29 is 20.4 Å². The minimum absolute atomic E-state index is 0.110. The van der Waals surface area contributed by atoms with E-state index in [2.05, 4.69) is 20.4 Å². The minimum Gasteiger partial charge on any atom is -0.504 e. The summed E-state index contributed by atoms with van der Waals surface area (Å²) in [5.41, 5.74) is 0.427. The summed E-state index contributed by atoms with van der Waals surface area (Å²) in [6.45, 7) is 0. The zero-order valence-corrected chi connectivity index (χ0v) is 9.99. The monoisotopic (exact) mass is 274 g/mol. The molecule has 0 atom stereocenters. The van der Waals surface area contributed by atoms with Crippen molar-refractivity contribution in [2.45, 2.75) is 0 Å². The van der Waals surface area contributed by atoms with Gasteiger partial charge in [0.05, 0.1) is 23.5 Å². The van der Waals surface area contributed by atoms with Crippen LogP contribution in [0.5, 0.6) is 23.0 Å². The highest BCUT2D eigenvalue weighted by Crippen LogP contribution is 2.54. The van der Waals surface area contributed by atoms with Gasteiger partial charge in [-0.1, -0.05) is 0 Å². The first-order chi connectivity index (χ1) is 9.61. The number of hydrogen-bond donors (Lipinski definition) is 6. The highest BCUT2D eigenvalue weighted by atomic mass is 16.3. The van der Waals surface area contributed by atoms with Crippen LogP contribution < -0.4 is 0 Å². The lowest BCUT2D eigenvalue weighted by molar-refractivity contribution is 0.378. The van der Waals surface area contributed by atoms with Crippen LogP contribution in [0, 0.1) is 0 Å². The molecule has 0 unspecified atom stereocenters. The molecule has 0 fully saturated rings. The van der Waals surface area contributed by atoms with E-state index in [1.165, 1.54) is 24.8 Å². The lowest BCUT2D eigenvalue weighted by atomic mass is 9.98. The van der Waals surface area contributed by atoms with Crippen molar-refractivity contribution in [2.24, 2.45) is 0 Å². The molecule has 2 heterocycles. The Morgan fingerprint density at radius 3 is 1.25 bits per heavy atom. The second kappa shape index (κ2) is 4.19. The lowest BCUT2D eigenvalue weighted by Crippen LogP contribution is -1.86. The van der Waals surface area contributed by atoms with Gasteiger partial charge in [0, 0.05) is 23.5 Å². The standard InChI is InChI=1S/C12H10N4O4/c17-9-7(5-1-13-14-2-5)10(18)12(20)8(11(9)19)6-3-15-16-4-6/h1-4,17-20H,(H,13,14)(H,15,16). The van der Waals surface area contributed by atoms with E-state index in [1.54, 1.807) is 0 Å². The van der Waals surface area contributed by atoms with Crippen molar-refractivity contribution in [2.75, 3.05) is 0 Å². The first-order valence-electron chi connectivity index (χ1n) is 5.59. The first-order valence-corrected chi connectivity index (χ1v) is 5.59. The third-order valence-electron chi connectivity index (χ3n) is 2.97. The van der Waals surface area contributed by atoms with Crippen molar-refractivity contribution in [3.05, 3.63) is 24.8 Å². The summed E-state index contributed by atoms with van der Waals surface area (Å²) in [6.07, 6.45) is 5.49. The van der Waals surface area contributed by atoms with Crippen molar-refractivity contribution in [3.8, 4) is 45.3 Å². The van der Waals surface area contributed by atoms with Gasteiger partial charge in [0.25, 0.3) is 0 Å². The minimum atomic E-state index is -0.557. The van der Waals surface area contributed by atoms with Gasteiger partial charge in [-0.2, -0.15) is 10.2 Å². The van der Waals surface area contributed by atoms with Crippen LogP contribution in [-0.2, 0) is 0 Å². The Balaban J connectivity index is 2.33. The van der Waals surface area contributed by atoms with Gasteiger partial charge in [-0.05, 0) is 0 Å². The number of aromatic nitrogens is 4. The van der Waals surface area contributed by atoms with E-state index in [9.17, 15) is 20.4 Å². The summed E-state index contributed by atoms with van der Waals surface area (Å²) in [7, 11) is 0. The molecule has 102 valence electrons. The highest BCUT2D eigenvalue weighted by molar-refractivity contribution is 5.91. The van der Waals surface area contributed by atoms with Gasteiger partial charge in [0.2, 0.25) is 0 Å². The van der Waals surface area contributed by atoms with E-state index in [-0.39, 0.29) is 11.1 Å². The summed E-state index contributed by atoms with van der Waals surface area (Å²) in [6, 6.07) is 0. The maximum absolute atomic E-state index is 10.1. The summed E-state index contributed by atoms with van der Waals surface area (Å²) in [5.74, 6) is -2.23. The number of benzene rings is 1. The lowest BCUT2D eigenvalue weighted by Gasteiger charge is -2.13. The highest BCUT2D eigenvalue weighted by Gasteiger charge is 2.26. The van der Waals surface area contributed by atoms with E-state index < -0.39 is 23.0 Å². The van der Waals surface area contributed by atoms with Crippen molar-refractivity contribution in [3.63, 3.8) is 0 Å². The van der Waals surface area contributed by atoms with Crippen LogP contribution in [0.4, 0.5) is 0 Å². The number of nitrogens with one attached hydrogen (secondary N) is 2. The maximum atomic E-state index is 10.1. The van der Waals surface area contributed by atoms with E-state index in [1.807, 2.05) is 0 Å². The largest absolute Gasteiger partial charge is 0.504 e. The molecular formula is C12H10N4O4. The Kier molecular flexibility index (Phi) is 2.50. The van der Waals surface area contributed by atoms with Crippen LogP contribution in [0.15, 0.2) is 24.8 Å². The molecule has 0 aliphatic heterocycles. The first kappa shape index (κ1) is 11.9. The Labute approximate surface area is 112 Å². The quantitative estimate of drug-likeness (QED) is 0.307. The number of phenols is 4. The average molecular weight is 274 g/mol. The van der Waals surface area contributed by atoms with Gasteiger partial charge in [-0.25, -0.2) is 0 Å². The van der Waals surface area contributed by atoms with E-state index in [4.69, 9.17) is 0 Å². The van der Waals surface area contributed by atoms with Crippen LogP contribution in [0.1, 0.15) is 0 Å². The van der Waals surface area contributed by atoms with Gasteiger partial charge < -0.3 is 20.4 Å². The number of aromatic amines is 2. The van der Waals surface area contributed by atoms with Crippen LogP contribution >= 0.6 is 0 Å². The molecule has 0 amide bonds. The predicted molar refractivity (Wildman–Crippen MR) is 68.3 cm³/mol. The molecule has 3 rings (SSSR count). The fourth-order valence-electron chi connectivity index (χ4n) is 2.02. The van der Waals surface area contributed by atoms with Crippen molar-refractivity contribution in [1.29, 1.82) is 0 Å². The molecule has 0 radical (unpaired) electrons. The van der Waals surface area contributed by atoms with Crippen LogP contribution in [0.25, 0.3) is 22.3 Å². The molecule has 2 aromatic heterocycles. The molecule has 6 N–H and O–H groups in total. The molecule has 0 spiro atoms. The normalized spacial score (nSPS) is 10.8. The van der Waals surface area contributed by atoms with Crippen LogP contribution in [0.2, 0.25) is 0 Å². The molecule has 0 saturated heterocycles. The van der Waals surface area contributed by atoms with Crippen molar-refractivity contribution in [1.82, 2.24) is 20.4 Å². The second-order valence-corrected chi connectivity index (χ2v) is 4.12.